The smallest absolute Gasteiger partial charge is 0.182 e. The molecule has 0 spiro atoms. The van der Waals surface area contributed by atoms with Gasteiger partial charge in [0.2, 0.25) is 0 Å². The summed E-state index contributed by atoms with van der Waals surface area (Å²) in [7, 11) is 0. The highest BCUT2D eigenvalue weighted by molar-refractivity contribution is 6.30. The Kier molecular flexibility index (Phi) is 5.53. The van der Waals surface area contributed by atoms with E-state index in [2.05, 4.69) is 16.3 Å². The Morgan fingerprint density at radius 2 is 1.31 bits per heavy atom. The molecule has 0 radical (unpaired) electrons. The normalized spacial score (nSPS) is 11.6. The maximum Gasteiger partial charge on any atom is 0.182 e. The van der Waals surface area contributed by atoms with Crippen molar-refractivity contribution >= 4 is 23.2 Å². The van der Waals surface area contributed by atoms with Crippen LogP contribution in [0.1, 0.15) is 17.2 Å². The highest BCUT2D eigenvalue weighted by Gasteiger charge is 2.23. The summed E-state index contributed by atoms with van der Waals surface area (Å²) in [4.78, 5) is 4.75. The fourth-order valence-electron chi connectivity index (χ4n) is 3.01. The predicted molar refractivity (Wildman–Crippen MR) is 115 cm³/mol. The molecular formula is C23H14Cl2N4. The summed E-state index contributed by atoms with van der Waals surface area (Å²) in [6.45, 7) is 0. The van der Waals surface area contributed by atoms with Crippen molar-refractivity contribution in [3.63, 3.8) is 0 Å². The Morgan fingerprint density at radius 3 is 1.90 bits per heavy atom. The van der Waals surface area contributed by atoms with Crippen molar-refractivity contribution < 1.29 is 0 Å². The number of rotatable bonds is 4. The third-order valence-corrected chi connectivity index (χ3v) is 4.97. The van der Waals surface area contributed by atoms with Crippen LogP contribution in [0.3, 0.4) is 0 Å². The van der Waals surface area contributed by atoms with Gasteiger partial charge in [-0.3, -0.25) is 0 Å². The summed E-state index contributed by atoms with van der Waals surface area (Å²) in [5, 5.41) is 19.9. The number of nitrogens with zero attached hydrogens (tertiary/aromatic N) is 4. The van der Waals surface area contributed by atoms with E-state index in [4.69, 9.17) is 28.2 Å². The van der Waals surface area contributed by atoms with E-state index in [1.54, 1.807) is 24.3 Å². The van der Waals surface area contributed by atoms with Crippen LogP contribution in [0, 0.1) is 11.3 Å². The standard InChI is InChI=1S/C23H14Cl2N4/c24-18-10-6-16(7-11-18)21-22(20(14-26)15-4-2-1-3-5-15)27-23(29-28-21)17-8-12-19(25)13-9-17/h1-13,20H. The molecule has 4 aromatic rings. The number of aromatic nitrogens is 3. The Balaban J connectivity index is 1.90. The molecule has 0 aliphatic rings. The molecule has 3 aromatic carbocycles. The van der Waals surface area contributed by atoms with Crippen LogP contribution in [-0.2, 0) is 0 Å². The molecule has 0 bridgehead atoms. The first-order chi connectivity index (χ1) is 14.2. The second-order valence-corrected chi connectivity index (χ2v) is 7.23. The van der Waals surface area contributed by atoms with Crippen molar-refractivity contribution in [2.75, 3.05) is 0 Å². The summed E-state index contributed by atoms with van der Waals surface area (Å²) >= 11 is 12.0. The van der Waals surface area contributed by atoms with E-state index in [9.17, 15) is 5.26 Å². The zero-order valence-electron chi connectivity index (χ0n) is 15.1. The zero-order valence-corrected chi connectivity index (χ0v) is 16.6. The fraction of sp³-hybridized carbons (Fsp3) is 0.0435. The second kappa shape index (κ2) is 8.40. The maximum absolute atomic E-state index is 9.97. The van der Waals surface area contributed by atoms with Gasteiger partial charge in [-0.05, 0) is 42.0 Å². The first kappa shape index (κ1) is 19.1. The molecule has 0 fully saturated rings. The van der Waals surface area contributed by atoms with E-state index in [-0.39, 0.29) is 0 Å². The van der Waals surface area contributed by atoms with E-state index in [0.29, 0.717) is 27.3 Å². The van der Waals surface area contributed by atoms with Gasteiger partial charge in [0.05, 0.1) is 11.8 Å². The Morgan fingerprint density at radius 1 is 0.724 bits per heavy atom. The van der Waals surface area contributed by atoms with Crippen LogP contribution in [0.25, 0.3) is 22.6 Å². The van der Waals surface area contributed by atoms with Gasteiger partial charge in [-0.2, -0.15) is 5.26 Å². The SMILES string of the molecule is N#CC(c1ccccc1)c1nc(-c2ccc(Cl)cc2)nnc1-c1ccc(Cl)cc1. The van der Waals surface area contributed by atoms with Crippen LogP contribution in [0.15, 0.2) is 78.9 Å². The van der Waals surface area contributed by atoms with Gasteiger partial charge < -0.3 is 0 Å². The molecular weight excluding hydrogens is 403 g/mol. The molecule has 1 atom stereocenters. The monoisotopic (exact) mass is 416 g/mol. The molecule has 0 aliphatic carbocycles. The van der Waals surface area contributed by atoms with Gasteiger partial charge in [-0.15, -0.1) is 10.2 Å². The molecule has 0 N–H and O–H groups in total. The molecule has 0 amide bonds. The van der Waals surface area contributed by atoms with Gasteiger partial charge in [-0.1, -0.05) is 65.7 Å². The van der Waals surface area contributed by atoms with Crippen LogP contribution in [0.5, 0.6) is 0 Å². The summed E-state index contributed by atoms with van der Waals surface area (Å²) in [6.07, 6.45) is 0. The molecule has 140 valence electrons. The average molecular weight is 417 g/mol. The van der Waals surface area contributed by atoms with Crippen molar-refractivity contribution in [1.29, 1.82) is 5.26 Å². The molecule has 4 nitrogen and oxygen atoms in total. The highest BCUT2D eigenvalue weighted by Crippen LogP contribution is 2.32. The molecule has 0 aliphatic heterocycles. The Hall–Kier alpha value is -3.26. The maximum atomic E-state index is 9.97. The second-order valence-electron chi connectivity index (χ2n) is 6.36. The minimum atomic E-state index is -0.594. The van der Waals surface area contributed by atoms with Crippen molar-refractivity contribution in [3.05, 3.63) is 100 Å². The lowest BCUT2D eigenvalue weighted by atomic mass is 9.93. The molecule has 29 heavy (non-hydrogen) atoms. The van der Waals surface area contributed by atoms with Crippen LogP contribution >= 0.6 is 23.2 Å². The lowest BCUT2D eigenvalue weighted by Crippen LogP contribution is -2.08. The Bertz CT molecular complexity index is 1170. The molecule has 1 unspecified atom stereocenters. The summed E-state index contributed by atoms with van der Waals surface area (Å²) in [6, 6.07) is 26.3. The molecule has 1 heterocycles. The predicted octanol–water partition coefficient (Wildman–Crippen LogP) is 6.17. The van der Waals surface area contributed by atoms with Gasteiger partial charge in [0.1, 0.15) is 11.6 Å². The first-order valence-corrected chi connectivity index (χ1v) is 9.62. The van der Waals surface area contributed by atoms with Gasteiger partial charge in [0, 0.05) is 21.2 Å². The fourth-order valence-corrected chi connectivity index (χ4v) is 3.26. The minimum absolute atomic E-state index is 0.436. The average Bonchev–Trinajstić information content (AvgIpc) is 2.76. The zero-order chi connectivity index (χ0) is 20.2. The van der Waals surface area contributed by atoms with Crippen molar-refractivity contribution in [2.45, 2.75) is 5.92 Å². The van der Waals surface area contributed by atoms with E-state index in [0.717, 1.165) is 16.7 Å². The summed E-state index contributed by atoms with van der Waals surface area (Å²) < 4.78 is 0. The minimum Gasteiger partial charge on any atom is -0.227 e. The Labute approximate surface area is 178 Å². The van der Waals surface area contributed by atoms with Crippen LogP contribution < -0.4 is 0 Å². The first-order valence-electron chi connectivity index (χ1n) is 8.87. The quantitative estimate of drug-likeness (QED) is 0.399. The molecule has 0 saturated heterocycles. The van der Waals surface area contributed by atoms with Crippen LogP contribution in [-0.4, -0.2) is 15.2 Å². The topological polar surface area (TPSA) is 62.5 Å². The molecule has 6 heteroatoms. The van der Waals surface area contributed by atoms with Crippen LogP contribution in [0.2, 0.25) is 10.0 Å². The number of benzene rings is 3. The molecule has 0 saturated carbocycles. The third-order valence-electron chi connectivity index (χ3n) is 4.47. The number of hydrogen-bond acceptors (Lipinski definition) is 4. The largest absolute Gasteiger partial charge is 0.227 e. The number of halogens is 2. The highest BCUT2D eigenvalue weighted by atomic mass is 35.5. The third kappa shape index (κ3) is 4.12. The van der Waals surface area contributed by atoms with Gasteiger partial charge in [0.25, 0.3) is 0 Å². The van der Waals surface area contributed by atoms with Gasteiger partial charge in [-0.25, -0.2) is 4.98 Å². The molecule has 1 aromatic heterocycles. The molecule has 4 rings (SSSR count). The number of nitriles is 1. The summed E-state index contributed by atoms with van der Waals surface area (Å²) in [5.74, 6) is -0.158. The van der Waals surface area contributed by atoms with Gasteiger partial charge >= 0.3 is 0 Å². The number of hydrogen-bond donors (Lipinski definition) is 0. The van der Waals surface area contributed by atoms with E-state index in [1.165, 1.54) is 0 Å². The lowest BCUT2D eigenvalue weighted by Gasteiger charge is -2.14. The van der Waals surface area contributed by atoms with E-state index < -0.39 is 5.92 Å². The van der Waals surface area contributed by atoms with E-state index in [1.807, 2.05) is 54.6 Å². The summed E-state index contributed by atoms with van der Waals surface area (Å²) in [5.41, 5.74) is 3.50. The van der Waals surface area contributed by atoms with Gasteiger partial charge in [0.15, 0.2) is 5.82 Å². The van der Waals surface area contributed by atoms with Crippen LogP contribution in [0.4, 0.5) is 0 Å². The van der Waals surface area contributed by atoms with Crippen molar-refractivity contribution in [3.8, 4) is 28.7 Å². The lowest BCUT2D eigenvalue weighted by molar-refractivity contribution is 0.889. The van der Waals surface area contributed by atoms with E-state index >= 15 is 0 Å². The van der Waals surface area contributed by atoms with Crippen molar-refractivity contribution in [2.24, 2.45) is 0 Å². The van der Waals surface area contributed by atoms with Crippen molar-refractivity contribution in [1.82, 2.24) is 15.2 Å².